The minimum atomic E-state index is 0.751. The number of hydrogen-bond donors (Lipinski definition) is 0. The van der Waals surface area contributed by atoms with Gasteiger partial charge in [0.1, 0.15) is 0 Å². The van der Waals surface area contributed by atoms with E-state index in [2.05, 4.69) is 58.4 Å². The molecule has 1 fully saturated rings. The summed E-state index contributed by atoms with van der Waals surface area (Å²) < 4.78 is 1.24. The van der Waals surface area contributed by atoms with Gasteiger partial charge in [-0.15, -0.1) is 0 Å². The summed E-state index contributed by atoms with van der Waals surface area (Å²) in [6.45, 7) is 0. The summed E-state index contributed by atoms with van der Waals surface area (Å²) in [5.41, 5.74) is 0. The van der Waals surface area contributed by atoms with Crippen LogP contribution in [0.25, 0.3) is 12.2 Å². The van der Waals surface area contributed by atoms with Gasteiger partial charge in [0.05, 0.1) is 0 Å². The largest absolute Gasteiger partial charge is 0.0845 e. The molecule has 0 nitrogen and oxygen atoms in total. The molecular weight excluding hydrogens is 260 g/mol. The summed E-state index contributed by atoms with van der Waals surface area (Å²) in [4.78, 5) is 0. The Labute approximate surface area is 103 Å². The van der Waals surface area contributed by atoms with E-state index in [1.807, 2.05) is 0 Å². The van der Waals surface area contributed by atoms with Gasteiger partial charge in [-0.2, -0.15) is 0 Å². The van der Waals surface area contributed by atoms with E-state index in [1.165, 1.54) is 21.3 Å². The van der Waals surface area contributed by atoms with Gasteiger partial charge >= 0.3 is 0 Å². The molecule has 1 saturated carbocycles. The molecule has 1 aromatic carbocycles. The minimum Gasteiger partial charge on any atom is -0.0845 e. The van der Waals surface area contributed by atoms with E-state index in [0.29, 0.717) is 0 Å². The second-order valence-corrected chi connectivity index (χ2v) is 6.03. The molecule has 3 aliphatic carbocycles. The Bertz CT molecular complexity index is 596. The first-order valence-electron chi connectivity index (χ1n) is 5.99. The minimum absolute atomic E-state index is 0.751. The van der Waals surface area contributed by atoms with Gasteiger partial charge in [0.2, 0.25) is 0 Å². The van der Waals surface area contributed by atoms with Gasteiger partial charge in [-0.3, -0.25) is 0 Å². The molecule has 2 bridgehead atoms. The second-order valence-electron chi connectivity index (χ2n) is 5.18. The van der Waals surface area contributed by atoms with Crippen molar-refractivity contribution in [1.29, 1.82) is 0 Å². The highest BCUT2D eigenvalue weighted by atomic mass is 79.9. The van der Waals surface area contributed by atoms with Crippen LogP contribution in [0, 0.1) is 23.7 Å². The van der Waals surface area contributed by atoms with Crippen LogP contribution in [-0.2, 0) is 0 Å². The van der Waals surface area contributed by atoms with Gasteiger partial charge in [0.25, 0.3) is 0 Å². The van der Waals surface area contributed by atoms with E-state index in [9.17, 15) is 0 Å². The fraction of sp³-hybridized carbons (Fsp3) is 0.333. The third-order valence-corrected chi connectivity index (χ3v) is 5.09. The first-order chi connectivity index (χ1) is 7.83. The maximum atomic E-state index is 3.66. The molecule has 0 spiro atoms. The lowest BCUT2D eigenvalue weighted by Crippen LogP contribution is -2.35. The quantitative estimate of drug-likeness (QED) is 0.637. The van der Waals surface area contributed by atoms with Gasteiger partial charge in [-0.25, -0.2) is 0 Å². The van der Waals surface area contributed by atoms with Crippen LogP contribution in [0.15, 0.2) is 34.8 Å². The van der Waals surface area contributed by atoms with Gasteiger partial charge < -0.3 is 0 Å². The maximum absolute atomic E-state index is 3.66. The molecule has 4 unspecified atom stereocenters. The highest BCUT2D eigenvalue weighted by Gasteiger charge is 2.42. The standard InChI is InChI=1S/C15H13Br/c16-15-3-1-2-9-7-12-10-4-5-11(6-10)13(12)8-14(9)15/h1-5,7-8,10-13H,6H2. The fourth-order valence-electron chi connectivity index (χ4n) is 3.64. The lowest BCUT2D eigenvalue weighted by atomic mass is 9.79. The molecule has 1 aromatic rings. The van der Waals surface area contributed by atoms with Crippen molar-refractivity contribution in [1.82, 2.24) is 0 Å². The third kappa shape index (κ3) is 1.10. The van der Waals surface area contributed by atoms with E-state index in [1.54, 1.807) is 0 Å². The molecule has 16 heavy (non-hydrogen) atoms. The van der Waals surface area contributed by atoms with E-state index >= 15 is 0 Å². The summed E-state index contributed by atoms with van der Waals surface area (Å²) in [7, 11) is 0. The van der Waals surface area contributed by atoms with Crippen molar-refractivity contribution in [3.63, 3.8) is 0 Å². The highest BCUT2D eigenvalue weighted by Crippen LogP contribution is 2.49. The highest BCUT2D eigenvalue weighted by molar-refractivity contribution is 9.10. The molecule has 0 aliphatic heterocycles. The molecule has 0 radical (unpaired) electrons. The van der Waals surface area contributed by atoms with Crippen molar-refractivity contribution in [2.45, 2.75) is 6.42 Å². The van der Waals surface area contributed by atoms with Crippen LogP contribution in [0.1, 0.15) is 6.42 Å². The number of fused-ring (bicyclic) bond motifs is 6. The molecule has 0 aromatic heterocycles. The van der Waals surface area contributed by atoms with Crippen molar-refractivity contribution < 1.29 is 0 Å². The first kappa shape index (κ1) is 9.23. The zero-order chi connectivity index (χ0) is 10.7. The lowest BCUT2D eigenvalue weighted by molar-refractivity contribution is 0.488. The van der Waals surface area contributed by atoms with Crippen LogP contribution in [-0.4, -0.2) is 0 Å². The molecular formula is C15H13Br. The normalized spacial score (nSPS) is 37.6. The Morgan fingerprint density at radius 2 is 1.75 bits per heavy atom. The summed E-state index contributed by atoms with van der Waals surface area (Å²) in [6.07, 6.45) is 11.2. The number of hydrogen-bond acceptors (Lipinski definition) is 0. The summed E-state index contributed by atoms with van der Waals surface area (Å²) in [5.74, 6) is 3.11. The molecule has 0 N–H and O–H groups in total. The molecule has 4 rings (SSSR count). The Balaban J connectivity index is 2.00. The Morgan fingerprint density at radius 3 is 2.56 bits per heavy atom. The van der Waals surface area contributed by atoms with Crippen molar-refractivity contribution in [2.24, 2.45) is 23.7 Å². The summed E-state index contributed by atoms with van der Waals surface area (Å²) in [5, 5.41) is 2.82. The SMILES string of the molecule is Brc1cccc2c1=CC1C3C=CC(C3)C1C=2. The number of allylic oxidation sites excluding steroid dienone is 2. The molecule has 80 valence electrons. The molecule has 3 aliphatic rings. The van der Waals surface area contributed by atoms with Crippen LogP contribution in [0.5, 0.6) is 0 Å². The molecule has 0 heterocycles. The van der Waals surface area contributed by atoms with Crippen LogP contribution >= 0.6 is 15.9 Å². The number of halogens is 1. The first-order valence-corrected chi connectivity index (χ1v) is 6.79. The molecule has 0 amide bonds. The summed E-state index contributed by atoms with van der Waals surface area (Å²) >= 11 is 3.66. The van der Waals surface area contributed by atoms with Crippen LogP contribution in [0.3, 0.4) is 0 Å². The van der Waals surface area contributed by atoms with Gasteiger partial charge in [-0.1, -0.05) is 52.4 Å². The number of benzene rings is 1. The Hall–Kier alpha value is -0.820. The summed E-state index contributed by atoms with van der Waals surface area (Å²) in [6, 6.07) is 6.52. The van der Waals surface area contributed by atoms with Crippen molar-refractivity contribution in [2.75, 3.05) is 0 Å². The topological polar surface area (TPSA) is 0 Å². The van der Waals surface area contributed by atoms with E-state index in [0.717, 1.165) is 23.7 Å². The van der Waals surface area contributed by atoms with Crippen LogP contribution in [0.4, 0.5) is 0 Å². The molecule has 0 saturated heterocycles. The van der Waals surface area contributed by atoms with Gasteiger partial charge in [0, 0.05) is 4.47 Å². The third-order valence-electron chi connectivity index (χ3n) is 4.40. The average molecular weight is 273 g/mol. The molecule has 4 atom stereocenters. The van der Waals surface area contributed by atoms with Gasteiger partial charge in [0.15, 0.2) is 0 Å². The predicted molar refractivity (Wildman–Crippen MR) is 70.0 cm³/mol. The smallest absolute Gasteiger partial charge is 0.0250 e. The average Bonchev–Trinajstić information content (AvgIpc) is 2.88. The monoisotopic (exact) mass is 272 g/mol. The van der Waals surface area contributed by atoms with Crippen LogP contribution < -0.4 is 10.4 Å². The van der Waals surface area contributed by atoms with Crippen molar-refractivity contribution in [3.8, 4) is 0 Å². The fourth-order valence-corrected chi connectivity index (χ4v) is 4.16. The predicted octanol–water partition coefficient (Wildman–Crippen LogP) is 2.46. The number of rotatable bonds is 0. The van der Waals surface area contributed by atoms with Crippen molar-refractivity contribution in [3.05, 3.63) is 45.3 Å². The van der Waals surface area contributed by atoms with E-state index < -0.39 is 0 Å². The van der Waals surface area contributed by atoms with E-state index in [4.69, 9.17) is 0 Å². The Kier molecular flexibility index (Phi) is 1.79. The second kappa shape index (κ2) is 3.10. The zero-order valence-corrected chi connectivity index (χ0v) is 10.5. The maximum Gasteiger partial charge on any atom is 0.0250 e. The zero-order valence-electron chi connectivity index (χ0n) is 8.94. The van der Waals surface area contributed by atoms with Crippen LogP contribution in [0.2, 0.25) is 0 Å². The lowest BCUT2D eigenvalue weighted by Gasteiger charge is -2.25. The molecule has 1 heteroatoms. The van der Waals surface area contributed by atoms with E-state index in [-0.39, 0.29) is 0 Å². The Morgan fingerprint density at radius 1 is 1.00 bits per heavy atom. The van der Waals surface area contributed by atoms with Crippen molar-refractivity contribution >= 4 is 28.1 Å². The van der Waals surface area contributed by atoms with Gasteiger partial charge in [-0.05, 0) is 46.6 Å².